The van der Waals surface area contributed by atoms with Gasteiger partial charge in [0.15, 0.2) is 5.11 Å². The van der Waals surface area contributed by atoms with Crippen molar-refractivity contribution in [3.63, 3.8) is 0 Å². The molecule has 2 fully saturated rings. The van der Waals surface area contributed by atoms with Crippen molar-refractivity contribution in [3.05, 3.63) is 0 Å². The summed E-state index contributed by atoms with van der Waals surface area (Å²) in [6, 6.07) is 0. The summed E-state index contributed by atoms with van der Waals surface area (Å²) in [7, 11) is 0. The van der Waals surface area contributed by atoms with Crippen molar-refractivity contribution >= 4 is 17.3 Å². The topological polar surface area (TPSA) is 50.1 Å². The summed E-state index contributed by atoms with van der Waals surface area (Å²) in [5.41, 5.74) is 2.72. The lowest BCUT2D eigenvalue weighted by Gasteiger charge is -2.32. The minimum atomic E-state index is 0.212. The van der Waals surface area contributed by atoms with Gasteiger partial charge < -0.3 is 10.7 Å². The Morgan fingerprint density at radius 1 is 1.31 bits per heavy atom. The van der Waals surface area contributed by atoms with Crippen LogP contribution in [0.15, 0.2) is 0 Å². The Morgan fingerprint density at radius 2 is 1.77 bits per heavy atom. The molecule has 0 spiro atoms. The van der Waals surface area contributed by atoms with Crippen LogP contribution in [0.1, 0.15) is 32.6 Å². The molecule has 0 amide bonds. The Bertz CT molecular complexity index is 209. The molecule has 0 heterocycles. The second-order valence-corrected chi connectivity index (χ2v) is 4.84. The standard InChI is InChI=1S/C9H17N3S/c1-9(6-2-3-6,7-4-5-7)11-8(13)12-10/h6-7H,2-5,10H2,1H3,(H2,11,12,13). The van der Waals surface area contributed by atoms with Crippen LogP contribution in [0.5, 0.6) is 0 Å². The van der Waals surface area contributed by atoms with Crippen LogP contribution in [0.3, 0.4) is 0 Å². The van der Waals surface area contributed by atoms with Crippen molar-refractivity contribution in [2.24, 2.45) is 17.7 Å². The lowest BCUT2D eigenvalue weighted by Crippen LogP contribution is -2.54. The molecule has 0 aromatic heterocycles. The van der Waals surface area contributed by atoms with Crippen LogP contribution in [0, 0.1) is 11.8 Å². The van der Waals surface area contributed by atoms with Gasteiger partial charge in [-0.1, -0.05) is 0 Å². The second kappa shape index (κ2) is 3.10. The van der Waals surface area contributed by atoms with E-state index < -0.39 is 0 Å². The third-order valence-electron chi connectivity index (χ3n) is 3.36. The molecule has 2 rings (SSSR count). The van der Waals surface area contributed by atoms with Crippen LogP contribution in [0.2, 0.25) is 0 Å². The third-order valence-corrected chi connectivity index (χ3v) is 3.58. The SMILES string of the molecule is CC(NC(=S)NN)(C1CC1)C1CC1. The molecular weight excluding hydrogens is 182 g/mol. The van der Waals surface area contributed by atoms with Crippen molar-refractivity contribution in [3.8, 4) is 0 Å². The molecule has 0 aliphatic heterocycles. The normalized spacial score (nSPS) is 22.6. The van der Waals surface area contributed by atoms with E-state index in [0.29, 0.717) is 5.11 Å². The lowest BCUT2D eigenvalue weighted by molar-refractivity contribution is 0.314. The highest BCUT2D eigenvalue weighted by Crippen LogP contribution is 2.51. The van der Waals surface area contributed by atoms with E-state index in [9.17, 15) is 0 Å². The van der Waals surface area contributed by atoms with E-state index in [2.05, 4.69) is 17.7 Å². The molecule has 4 N–H and O–H groups in total. The summed E-state index contributed by atoms with van der Waals surface area (Å²) in [5.74, 6) is 6.89. The monoisotopic (exact) mass is 199 g/mol. The first kappa shape index (κ1) is 9.21. The minimum Gasteiger partial charge on any atom is -0.356 e. The van der Waals surface area contributed by atoms with E-state index in [4.69, 9.17) is 18.1 Å². The molecule has 2 aliphatic rings. The fourth-order valence-corrected chi connectivity index (χ4v) is 2.40. The number of thiocarbonyl (C=S) groups is 1. The lowest BCUT2D eigenvalue weighted by atomic mass is 9.90. The molecule has 74 valence electrons. The van der Waals surface area contributed by atoms with Crippen molar-refractivity contribution in [1.29, 1.82) is 0 Å². The fraction of sp³-hybridized carbons (Fsp3) is 0.889. The van der Waals surface area contributed by atoms with Crippen molar-refractivity contribution < 1.29 is 0 Å². The average molecular weight is 199 g/mol. The molecule has 0 bridgehead atoms. The molecule has 13 heavy (non-hydrogen) atoms. The van der Waals surface area contributed by atoms with Gasteiger partial charge in [0.25, 0.3) is 0 Å². The van der Waals surface area contributed by atoms with E-state index in [1.807, 2.05) is 0 Å². The Hall–Kier alpha value is -0.350. The molecule has 0 aromatic rings. The van der Waals surface area contributed by atoms with Gasteiger partial charge in [-0.3, -0.25) is 0 Å². The Labute approximate surface area is 84.4 Å². The van der Waals surface area contributed by atoms with E-state index in [0.717, 1.165) is 11.8 Å². The van der Waals surface area contributed by atoms with Gasteiger partial charge >= 0.3 is 0 Å². The van der Waals surface area contributed by atoms with Crippen LogP contribution < -0.4 is 16.6 Å². The van der Waals surface area contributed by atoms with Gasteiger partial charge in [-0.25, -0.2) is 5.84 Å². The first-order chi connectivity index (χ1) is 6.16. The molecular formula is C9H17N3S. The zero-order chi connectivity index (χ0) is 9.47. The first-order valence-electron chi connectivity index (χ1n) is 4.95. The molecule has 0 atom stereocenters. The number of hydrogen-bond donors (Lipinski definition) is 3. The highest BCUT2D eigenvalue weighted by Gasteiger charge is 2.51. The number of hydrogen-bond acceptors (Lipinski definition) is 2. The molecule has 0 saturated heterocycles. The number of hydrazine groups is 1. The zero-order valence-corrected chi connectivity index (χ0v) is 8.79. The summed E-state index contributed by atoms with van der Waals surface area (Å²) in [4.78, 5) is 0. The van der Waals surface area contributed by atoms with Crippen molar-refractivity contribution in [2.75, 3.05) is 0 Å². The van der Waals surface area contributed by atoms with Gasteiger partial charge in [0.2, 0.25) is 0 Å². The summed E-state index contributed by atoms with van der Waals surface area (Å²) in [6.45, 7) is 2.28. The summed E-state index contributed by atoms with van der Waals surface area (Å²) in [5, 5.41) is 3.95. The van der Waals surface area contributed by atoms with E-state index >= 15 is 0 Å². The molecule has 2 saturated carbocycles. The largest absolute Gasteiger partial charge is 0.356 e. The van der Waals surface area contributed by atoms with Crippen molar-refractivity contribution in [1.82, 2.24) is 10.7 Å². The summed E-state index contributed by atoms with van der Waals surface area (Å²) >= 11 is 5.05. The van der Waals surface area contributed by atoms with E-state index in [1.165, 1.54) is 25.7 Å². The van der Waals surface area contributed by atoms with Crippen LogP contribution in [0.25, 0.3) is 0 Å². The zero-order valence-electron chi connectivity index (χ0n) is 7.97. The van der Waals surface area contributed by atoms with Gasteiger partial charge in [-0.2, -0.15) is 0 Å². The first-order valence-corrected chi connectivity index (χ1v) is 5.36. The molecule has 2 aliphatic carbocycles. The van der Waals surface area contributed by atoms with Crippen LogP contribution in [-0.2, 0) is 0 Å². The van der Waals surface area contributed by atoms with Gasteiger partial charge in [-0.05, 0) is 56.7 Å². The van der Waals surface area contributed by atoms with Gasteiger partial charge in [0.05, 0.1) is 0 Å². The van der Waals surface area contributed by atoms with E-state index in [1.54, 1.807) is 0 Å². The number of nitrogens with two attached hydrogens (primary N) is 1. The molecule has 4 heteroatoms. The quantitative estimate of drug-likeness (QED) is 0.359. The number of rotatable bonds is 3. The van der Waals surface area contributed by atoms with Crippen LogP contribution in [0.4, 0.5) is 0 Å². The maximum Gasteiger partial charge on any atom is 0.181 e. The molecule has 0 radical (unpaired) electrons. The molecule has 3 nitrogen and oxygen atoms in total. The number of nitrogens with one attached hydrogen (secondary N) is 2. The molecule has 0 unspecified atom stereocenters. The summed E-state index contributed by atoms with van der Waals surface area (Å²) in [6.07, 6.45) is 5.36. The highest BCUT2D eigenvalue weighted by atomic mass is 32.1. The smallest absolute Gasteiger partial charge is 0.181 e. The predicted molar refractivity (Wildman–Crippen MR) is 56.9 cm³/mol. The van der Waals surface area contributed by atoms with Crippen LogP contribution >= 0.6 is 12.2 Å². The predicted octanol–water partition coefficient (Wildman–Crippen LogP) is 0.903. The Kier molecular flexibility index (Phi) is 2.20. The van der Waals surface area contributed by atoms with Gasteiger partial charge in [0.1, 0.15) is 0 Å². The van der Waals surface area contributed by atoms with Gasteiger partial charge in [-0.15, -0.1) is 0 Å². The maximum absolute atomic E-state index is 5.27. The maximum atomic E-state index is 5.27. The Morgan fingerprint density at radius 3 is 2.08 bits per heavy atom. The third kappa shape index (κ3) is 1.79. The summed E-state index contributed by atoms with van der Waals surface area (Å²) < 4.78 is 0. The highest BCUT2D eigenvalue weighted by molar-refractivity contribution is 7.80. The second-order valence-electron chi connectivity index (χ2n) is 4.43. The Balaban J connectivity index is 1.99. The molecule has 0 aromatic carbocycles. The fourth-order valence-electron chi connectivity index (χ4n) is 2.18. The van der Waals surface area contributed by atoms with E-state index in [-0.39, 0.29) is 5.54 Å². The minimum absolute atomic E-state index is 0.212. The van der Waals surface area contributed by atoms with Gasteiger partial charge in [0, 0.05) is 5.54 Å². The van der Waals surface area contributed by atoms with Crippen molar-refractivity contribution in [2.45, 2.75) is 38.1 Å². The van der Waals surface area contributed by atoms with Crippen LogP contribution in [-0.4, -0.2) is 10.7 Å². The average Bonchev–Trinajstić information content (AvgIpc) is 2.89.